The zero-order chi connectivity index (χ0) is 14.5. The first-order chi connectivity index (χ1) is 9.67. The van der Waals surface area contributed by atoms with Gasteiger partial charge in [0, 0.05) is 6.08 Å². The molecule has 0 aliphatic heterocycles. The van der Waals surface area contributed by atoms with Crippen molar-refractivity contribution in [2.45, 2.75) is 13.5 Å². The van der Waals surface area contributed by atoms with E-state index >= 15 is 0 Å². The average Bonchev–Trinajstić information content (AvgIpc) is 2.85. The van der Waals surface area contributed by atoms with Gasteiger partial charge in [0.2, 0.25) is 5.89 Å². The van der Waals surface area contributed by atoms with Gasteiger partial charge in [-0.05, 0) is 30.7 Å². The molecular formula is C15H17NO4. The molecule has 2 aromatic rings. The predicted octanol–water partition coefficient (Wildman–Crippen LogP) is 2.66. The third kappa shape index (κ3) is 3.00. The molecular weight excluding hydrogens is 258 g/mol. The average molecular weight is 275 g/mol. The highest BCUT2D eigenvalue weighted by molar-refractivity contribution is 5.68. The summed E-state index contributed by atoms with van der Waals surface area (Å²) in [5.41, 5.74) is 1.49. The first kappa shape index (κ1) is 14.1. The maximum absolute atomic E-state index is 9.07. The monoisotopic (exact) mass is 275 g/mol. The van der Waals surface area contributed by atoms with E-state index in [1.165, 1.54) is 0 Å². The first-order valence-corrected chi connectivity index (χ1v) is 6.15. The summed E-state index contributed by atoms with van der Waals surface area (Å²) in [6.07, 6.45) is 3.60. The minimum atomic E-state index is -0.125. The van der Waals surface area contributed by atoms with Crippen molar-refractivity contribution in [3.05, 3.63) is 41.1 Å². The Balaban J connectivity index is 2.22. The van der Waals surface area contributed by atoms with Gasteiger partial charge in [0.1, 0.15) is 11.5 Å². The molecule has 0 radical (unpaired) electrons. The summed E-state index contributed by atoms with van der Waals surface area (Å²) in [6.45, 7) is 1.64. The van der Waals surface area contributed by atoms with Crippen LogP contribution in [0.4, 0.5) is 0 Å². The highest BCUT2D eigenvalue weighted by Gasteiger charge is 2.06. The van der Waals surface area contributed by atoms with Gasteiger partial charge in [-0.1, -0.05) is 6.07 Å². The van der Waals surface area contributed by atoms with Crippen molar-refractivity contribution in [3.8, 4) is 11.5 Å². The van der Waals surface area contributed by atoms with E-state index in [0.717, 1.165) is 5.56 Å². The van der Waals surface area contributed by atoms with Gasteiger partial charge in [-0.3, -0.25) is 0 Å². The Morgan fingerprint density at radius 2 is 1.95 bits per heavy atom. The number of aryl methyl sites for hydroxylation is 1. The number of rotatable bonds is 5. The SMILES string of the molecule is COc1ccc(/C=C/c2nc(CO)c(C)o2)cc1OC. The molecule has 0 aliphatic rings. The Bertz CT molecular complexity index is 616. The van der Waals surface area contributed by atoms with E-state index in [9.17, 15) is 0 Å². The number of methoxy groups -OCH3 is 2. The van der Waals surface area contributed by atoms with Crippen LogP contribution in [0.25, 0.3) is 12.2 Å². The highest BCUT2D eigenvalue weighted by atomic mass is 16.5. The minimum Gasteiger partial charge on any atom is -0.493 e. The molecule has 1 N–H and O–H groups in total. The molecule has 1 heterocycles. The van der Waals surface area contributed by atoms with E-state index in [1.807, 2.05) is 24.3 Å². The fraction of sp³-hybridized carbons (Fsp3) is 0.267. The Kier molecular flexibility index (Phi) is 4.42. The summed E-state index contributed by atoms with van der Waals surface area (Å²) in [5.74, 6) is 2.43. The smallest absolute Gasteiger partial charge is 0.219 e. The molecule has 0 aliphatic carbocycles. The van der Waals surface area contributed by atoms with Crippen LogP contribution in [0, 0.1) is 6.92 Å². The zero-order valence-electron chi connectivity index (χ0n) is 11.7. The molecule has 0 bridgehead atoms. The molecule has 0 atom stereocenters. The molecule has 0 spiro atoms. The largest absolute Gasteiger partial charge is 0.493 e. The third-order valence-electron chi connectivity index (χ3n) is 2.88. The van der Waals surface area contributed by atoms with Crippen molar-refractivity contribution in [2.24, 2.45) is 0 Å². The van der Waals surface area contributed by atoms with E-state index in [4.69, 9.17) is 19.0 Å². The zero-order valence-corrected chi connectivity index (χ0v) is 11.7. The summed E-state index contributed by atoms with van der Waals surface area (Å²) in [6, 6.07) is 5.59. The quantitative estimate of drug-likeness (QED) is 0.908. The second-order valence-electron chi connectivity index (χ2n) is 4.16. The van der Waals surface area contributed by atoms with Crippen LogP contribution >= 0.6 is 0 Å². The molecule has 5 nitrogen and oxygen atoms in total. The Morgan fingerprint density at radius 1 is 1.20 bits per heavy atom. The van der Waals surface area contributed by atoms with Crippen LogP contribution < -0.4 is 9.47 Å². The van der Waals surface area contributed by atoms with Crippen molar-refractivity contribution in [1.29, 1.82) is 0 Å². The lowest BCUT2D eigenvalue weighted by Crippen LogP contribution is -1.90. The molecule has 2 rings (SSSR count). The highest BCUT2D eigenvalue weighted by Crippen LogP contribution is 2.28. The molecule has 5 heteroatoms. The second kappa shape index (κ2) is 6.25. The van der Waals surface area contributed by atoms with E-state index in [-0.39, 0.29) is 6.61 Å². The normalized spacial score (nSPS) is 11.0. The van der Waals surface area contributed by atoms with Crippen LogP contribution in [-0.2, 0) is 6.61 Å². The van der Waals surface area contributed by atoms with Crippen LogP contribution in [0.5, 0.6) is 11.5 Å². The summed E-state index contributed by atoms with van der Waals surface area (Å²) >= 11 is 0. The first-order valence-electron chi connectivity index (χ1n) is 6.15. The second-order valence-corrected chi connectivity index (χ2v) is 4.16. The number of hydrogen-bond donors (Lipinski definition) is 1. The fourth-order valence-electron chi connectivity index (χ4n) is 1.79. The number of aliphatic hydroxyl groups excluding tert-OH is 1. The Morgan fingerprint density at radius 3 is 2.55 bits per heavy atom. The van der Waals surface area contributed by atoms with E-state index in [2.05, 4.69) is 4.98 Å². The van der Waals surface area contributed by atoms with Gasteiger partial charge >= 0.3 is 0 Å². The number of nitrogens with zero attached hydrogens (tertiary/aromatic N) is 1. The maximum atomic E-state index is 9.07. The standard InChI is InChI=1S/C15H17NO4/c1-10-12(9-17)16-15(20-10)7-5-11-4-6-13(18-2)14(8-11)19-3/h4-8,17H,9H2,1-3H3/b7-5+. The number of oxazole rings is 1. The van der Waals surface area contributed by atoms with Crippen molar-refractivity contribution in [1.82, 2.24) is 4.98 Å². The summed E-state index contributed by atoms with van der Waals surface area (Å²) in [4.78, 5) is 4.16. The van der Waals surface area contributed by atoms with Gasteiger partial charge in [-0.2, -0.15) is 0 Å². The number of aromatic nitrogens is 1. The van der Waals surface area contributed by atoms with Crippen molar-refractivity contribution >= 4 is 12.2 Å². The lowest BCUT2D eigenvalue weighted by atomic mass is 10.2. The topological polar surface area (TPSA) is 64.7 Å². The third-order valence-corrected chi connectivity index (χ3v) is 2.88. The van der Waals surface area contributed by atoms with Crippen molar-refractivity contribution in [3.63, 3.8) is 0 Å². The molecule has 1 aromatic carbocycles. The van der Waals surface area contributed by atoms with Crippen LogP contribution in [0.3, 0.4) is 0 Å². The van der Waals surface area contributed by atoms with Crippen LogP contribution in [-0.4, -0.2) is 24.3 Å². The number of hydrogen-bond acceptors (Lipinski definition) is 5. The number of benzene rings is 1. The molecule has 0 saturated carbocycles. The van der Waals surface area contributed by atoms with Gasteiger partial charge in [-0.15, -0.1) is 0 Å². The summed E-state index contributed by atoms with van der Waals surface area (Å²) < 4.78 is 15.8. The van der Waals surface area contributed by atoms with Crippen molar-refractivity contribution in [2.75, 3.05) is 14.2 Å². The van der Waals surface area contributed by atoms with Crippen LogP contribution in [0.1, 0.15) is 22.9 Å². The molecule has 0 fully saturated rings. The van der Waals surface area contributed by atoms with Gasteiger partial charge < -0.3 is 19.0 Å². The van der Waals surface area contributed by atoms with Gasteiger partial charge in [-0.25, -0.2) is 4.98 Å². The predicted molar refractivity (Wildman–Crippen MR) is 75.6 cm³/mol. The van der Waals surface area contributed by atoms with Crippen LogP contribution in [0.2, 0.25) is 0 Å². The van der Waals surface area contributed by atoms with E-state index in [0.29, 0.717) is 28.8 Å². The Labute approximate surface area is 117 Å². The summed E-state index contributed by atoms with van der Waals surface area (Å²) in [7, 11) is 3.19. The van der Waals surface area contributed by atoms with Gasteiger partial charge in [0.05, 0.1) is 20.8 Å². The molecule has 106 valence electrons. The lowest BCUT2D eigenvalue weighted by Gasteiger charge is -2.07. The number of aliphatic hydroxyl groups is 1. The van der Waals surface area contributed by atoms with Gasteiger partial charge in [0.25, 0.3) is 0 Å². The van der Waals surface area contributed by atoms with Crippen molar-refractivity contribution < 1.29 is 19.0 Å². The molecule has 1 aromatic heterocycles. The number of ether oxygens (including phenoxy) is 2. The Hall–Kier alpha value is -2.27. The van der Waals surface area contributed by atoms with E-state index < -0.39 is 0 Å². The maximum Gasteiger partial charge on any atom is 0.219 e. The molecule has 0 unspecified atom stereocenters. The summed E-state index contributed by atoms with van der Waals surface area (Å²) in [5, 5.41) is 9.07. The molecule has 0 amide bonds. The van der Waals surface area contributed by atoms with E-state index in [1.54, 1.807) is 27.2 Å². The van der Waals surface area contributed by atoms with Crippen LogP contribution in [0.15, 0.2) is 22.6 Å². The lowest BCUT2D eigenvalue weighted by molar-refractivity contribution is 0.275. The minimum absolute atomic E-state index is 0.125. The molecule has 0 saturated heterocycles. The van der Waals surface area contributed by atoms with Gasteiger partial charge in [0.15, 0.2) is 11.5 Å². The molecule has 20 heavy (non-hydrogen) atoms. The fourth-order valence-corrected chi connectivity index (χ4v) is 1.79.